The van der Waals surface area contributed by atoms with Gasteiger partial charge in [0.15, 0.2) is 16.8 Å². The number of hydrogen-bond donors (Lipinski definition) is 2. The highest BCUT2D eigenvalue weighted by molar-refractivity contribution is 7.99. The molecule has 0 amide bonds. The number of aryl methyl sites for hydroxylation is 1. The maximum Gasteiger partial charge on any atom is 0.196 e. The summed E-state index contributed by atoms with van der Waals surface area (Å²) < 4.78 is 1.96. The van der Waals surface area contributed by atoms with E-state index >= 15 is 0 Å². The molecule has 0 bridgehead atoms. The summed E-state index contributed by atoms with van der Waals surface area (Å²) in [7, 11) is 0. The largest absolute Gasteiger partial charge is 0.510 e. The molecule has 8 heteroatoms. The van der Waals surface area contributed by atoms with Crippen LogP contribution in [0.4, 0.5) is 0 Å². The molecule has 0 aliphatic heterocycles. The maximum absolute atomic E-state index is 10.8. The summed E-state index contributed by atoms with van der Waals surface area (Å²) in [5.74, 6) is 1.11. The summed E-state index contributed by atoms with van der Waals surface area (Å²) in [5, 5.41) is 30.0. The summed E-state index contributed by atoms with van der Waals surface area (Å²) in [6.07, 6.45) is 0. The molecule has 166 valence electrons. The summed E-state index contributed by atoms with van der Waals surface area (Å²) in [6, 6.07) is 27.5. The van der Waals surface area contributed by atoms with Crippen LogP contribution in [-0.2, 0) is 0 Å². The van der Waals surface area contributed by atoms with E-state index in [-0.39, 0.29) is 17.1 Å². The summed E-state index contributed by atoms with van der Waals surface area (Å²) in [6.45, 7) is 2.03. The van der Waals surface area contributed by atoms with Gasteiger partial charge in [-0.3, -0.25) is 4.57 Å². The molecule has 0 radical (unpaired) electrons. The molecule has 2 N–H and O–H groups in total. The molecule has 34 heavy (non-hydrogen) atoms. The molecular weight excluding hydrogens is 444 g/mol. The zero-order valence-corrected chi connectivity index (χ0v) is 19.1. The molecule has 0 saturated carbocycles. The molecule has 0 aliphatic rings. The van der Waals surface area contributed by atoms with Gasteiger partial charge in [-0.25, -0.2) is 4.98 Å². The lowest BCUT2D eigenvalue weighted by atomic mass is 10.1. The molecule has 3 aromatic carbocycles. The predicted molar refractivity (Wildman–Crippen MR) is 134 cm³/mol. The van der Waals surface area contributed by atoms with Crippen molar-refractivity contribution in [3.63, 3.8) is 0 Å². The average molecular weight is 465 g/mol. The highest BCUT2D eigenvalue weighted by Gasteiger charge is 2.19. The average Bonchev–Trinajstić information content (AvgIpc) is 3.48. The Balaban J connectivity index is 1.50. The van der Waals surface area contributed by atoms with Crippen molar-refractivity contribution in [1.29, 1.82) is 5.26 Å². The van der Waals surface area contributed by atoms with Gasteiger partial charge in [0, 0.05) is 11.3 Å². The number of aromatic amines is 1. The van der Waals surface area contributed by atoms with E-state index in [1.165, 1.54) is 11.8 Å². The maximum atomic E-state index is 10.8. The molecule has 5 rings (SSSR count). The van der Waals surface area contributed by atoms with Crippen LogP contribution in [0.5, 0.6) is 0 Å². The van der Waals surface area contributed by atoms with Gasteiger partial charge >= 0.3 is 0 Å². The van der Waals surface area contributed by atoms with Gasteiger partial charge in [0.25, 0.3) is 0 Å². The number of aromatic nitrogens is 5. The number of rotatable bonds is 6. The van der Waals surface area contributed by atoms with Crippen LogP contribution in [0.25, 0.3) is 33.7 Å². The van der Waals surface area contributed by atoms with Crippen molar-refractivity contribution in [3.05, 3.63) is 96.0 Å². The fourth-order valence-corrected chi connectivity index (χ4v) is 4.50. The Morgan fingerprint density at radius 1 is 1.03 bits per heavy atom. The van der Waals surface area contributed by atoms with Gasteiger partial charge in [-0.05, 0) is 37.3 Å². The Morgan fingerprint density at radius 2 is 1.82 bits per heavy atom. The molecule has 0 fully saturated rings. The smallest absolute Gasteiger partial charge is 0.196 e. The van der Waals surface area contributed by atoms with Crippen LogP contribution in [0.15, 0.2) is 89.8 Å². The number of aliphatic hydroxyl groups is 1. The van der Waals surface area contributed by atoms with Crippen LogP contribution in [0, 0.1) is 18.3 Å². The van der Waals surface area contributed by atoms with Crippen molar-refractivity contribution >= 4 is 28.4 Å². The molecule has 5 aromatic rings. The molecular formula is C26H20N6OS. The number of para-hydroxylation sites is 3. The first-order chi connectivity index (χ1) is 16.6. The van der Waals surface area contributed by atoms with E-state index in [1.807, 2.05) is 84.3 Å². The Labute approximate surface area is 200 Å². The van der Waals surface area contributed by atoms with E-state index in [4.69, 9.17) is 0 Å². The van der Waals surface area contributed by atoms with E-state index in [0.717, 1.165) is 27.8 Å². The summed E-state index contributed by atoms with van der Waals surface area (Å²) in [4.78, 5) is 7.54. The Hall–Kier alpha value is -4.35. The van der Waals surface area contributed by atoms with Crippen LogP contribution in [0.2, 0.25) is 0 Å². The van der Waals surface area contributed by atoms with Gasteiger partial charge in [-0.15, -0.1) is 10.2 Å². The standard InChI is InChI=1S/C26H20N6OS/c1-17-8-7-9-18(14-17)25-30-31-26(32(25)19-10-3-2-4-11-19)34-16-23(33)20(15-27)24-28-21-12-5-6-13-22(21)29-24/h2-14,33H,16H2,1H3,(H,28,29). The van der Waals surface area contributed by atoms with Crippen molar-refractivity contribution in [1.82, 2.24) is 24.7 Å². The number of fused-ring (bicyclic) bond motifs is 1. The topological polar surface area (TPSA) is 103 Å². The predicted octanol–water partition coefficient (Wildman–Crippen LogP) is 5.70. The minimum Gasteiger partial charge on any atom is -0.510 e. The van der Waals surface area contributed by atoms with E-state index in [9.17, 15) is 10.4 Å². The molecule has 0 unspecified atom stereocenters. The lowest BCUT2D eigenvalue weighted by Gasteiger charge is -2.11. The van der Waals surface area contributed by atoms with Crippen molar-refractivity contribution in [2.24, 2.45) is 0 Å². The van der Waals surface area contributed by atoms with Crippen LogP contribution in [0.1, 0.15) is 11.4 Å². The number of aliphatic hydroxyl groups excluding tert-OH is 1. The lowest BCUT2D eigenvalue weighted by Crippen LogP contribution is -2.01. The van der Waals surface area contributed by atoms with Gasteiger partial charge in [0.1, 0.15) is 17.4 Å². The molecule has 0 atom stereocenters. The van der Waals surface area contributed by atoms with Gasteiger partial charge in [-0.2, -0.15) is 5.26 Å². The van der Waals surface area contributed by atoms with E-state index in [2.05, 4.69) is 32.3 Å². The number of H-pyrrole nitrogens is 1. The van der Waals surface area contributed by atoms with Gasteiger partial charge in [0.05, 0.1) is 16.8 Å². The normalized spacial score (nSPS) is 11.9. The quantitative estimate of drug-likeness (QED) is 0.190. The highest BCUT2D eigenvalue weighted by atomic mass is 32.2. The monoisotopic (exact) mass is 464 g/mol. The van der Waals surface area contributed by atoms with Crippen molar-refractivity contribution in [3.8, 4) is 23.1 Å². The second-order valence-corrected chi connectivity index (χ2v) is 8.61. The lowest BCUT2D eigenvalue weighted by molar-refractivity contribution is 0.420. The molecule has 2 aromatic heterocycles. The van der Waals surface area contributed by atoms with Crippen molar-refractivity contribution in [2.75, 3.05) is 5.75 Å². The van der Waals surface area contributed by atoms with Gasteiger partial charge < -0.3 is 10.1 Å². The van der Waals surface area contributed by atoms with Crippen LogP contribution >= 0.6 is 11.8 Å². The number of nitriles is 1. The van der Waals surface area contributed by atoms with E-state index in [0.29, 0.717) is 16.8 Å². The van der Waals surface area contributed by atoms with Crippen LogP contribution in [0.3, 0.4) is 0 Å². The molecule has 0 saturated heterocycles. The van der Waals surface area contributed by atoms with Gasteiger partial charge in [0.2, 0.25) is 0 Å². The zero-order chi connectivity index (χ0) is 23.5. The first-order valence-electron chi connectivity index (χ1n) is 10.6. The number of nitrogens with one attached hydrogen (secondary N) is 1. The zero-order valence-electron chi connectivity index (χ0n) is 18.3. The Kier molecular flexibility index (Phi) is 5.85. The molecule has 0 aliphatic carbocycles. The van der Waals surface area contributed by atoms with Gasteiger partial charge in [-0.1, -0.05) is 65.9 Å². The minimum absolute atomic E-state index is 0.0775. The van der Waals surface area contributed by atoms with Crippen LogP contribution < -0.4 is 0 Å². The third-order valence-electron chi connectivity index (χ3n) is 5.29. The molecule has 0 spiro atoms. The number of nitrogens with zero attached hydrogens (tertiary/aromatic N) is 5. The summed E-state index contributed by atoms with van der Waals surface area (Å²) >= 11 is 1.30. The molecule has 2 heterocycles. The number of imidazole rings is 1. The van der Waals surface area contributed by atoms with Crippen LogP contribution in [-0.4, -0.2) is 35.6 Å². The summed E-state index contributed by atoms with van der Waals surface area (Å²) in [5.41, 5.74) is 4.62. The van der Waals surface area contributed by atoms with E-state index in [1.54, 1.807) is 0 Å². The fourth-order valence-electron chi connectivity index (χ4n) is 3.67. The minimum atomic E-state index is -0.0775. The third kappa shape index (κ3) is 4.17. The molecule has 7 nitrogen and oxygen atoms in total. The number of allylic oxidation sites excluding steroid dienone is 1. The number of benzene rings is 3. The first-order valence-corrected chi connectivity index (χ1v) is 11.6. The number of thioether (sulfide) groups is 1. The van der Waals surface area contributed by atoms with E-state index < -0.39 is 0 Å². The Morgan fingerprint density at radius 3 is 2.59 bits per heavy atom. The SMILES string of the molecule is Cc1cccc(-c2nnc(SCC(O)=C(C#N)c3nc4ccccc4[nH]3)n2-c2ccccc2)c1. The first kappa shape index (κ1) is 21.5. The number of hydrogen-bond acceptors (Lipinski definition) is 6. The fraction of sp³-hybridized carbons (Fsp3) is 0.0769. The highest BCUT2D eigenvalue weighted by Crippen LogP contribution is 2.30. The Bertz CT molecular complexity index is 1510. The van der Waals surface area contributed by atoms with Crippen molar-refractivity contribution in [2.45, 2.75) is 12.1 Å². The second-order valence-electron chi connectivity index (χ2n) is 7.67. The third-order valence-corrected chi connectivity index (χ3v) is 6.23. The van der Waals surface area contributed by atoms with Crippen molar-refractivity contribution < 1.29 is 5.11 Å². The second kappa shape index (κ2) is 9.25.